The lowest BCUT2D eigenvalue weighted by molar-refractivity contribution is 0.142. The van der Waals surface area contributed by atoms with Gasteiger partial charge in [-0.3, -0.25) is 9.13 Å². The number of aliphatic hydroxyl groups excluding tert-OH is 1. The Morgan fingerprint density at radius 3 is 1.75 bits per heavy atom. The van der Waals surface area contributed by atoms with Gasteiger partial charge in [0.1, 0.15) is 0 Å². The summed E-state index contributed by atoms with van der Waals surface area (Å²) in [7, 11) is -8.36. The summed E-state index contributed by atoms with van der Waals surface area (Å²) in [6.45, 7) is 3.26. The van der Waals surface area contributed by atoms with Crippen LogP contribution in [0.1, 0.15) is 58.3 Å². The van der Waals surface area contributed by atoms with E-state index in [1.165, 1.54) is 32.1 Å². The maximum atomic E-state index is 11.2. The van der Waals surface area contributed by atoms with Gasteiger partial charge >= 0.3 is 15.2 Å². The van der Waals surface area contributed by atoms with E-state index < -0.39 is 26.7 Å². The maximum absolute atomic E-state index is 11.2. The van der Waals surface area contributed by atoms with Crippen molar-refractivity contribution < 1.29 is 33.8 Å². The SMILES string of the molecule is CCCCCCCCCN(C)CCC(O)C(P(=O)(O)O)P(=O)(O)O. The molecule has 0 amide bonds. The van der Waals surface area contributed by atoms with Crippen molar-refractivity contribution >= 4 is 15.2 Å². The number of aliphatic hydroxyl groups is 1. The van der Waals surface area contributed by atoms with Crippen molar-refractivity contribution in [3.8, 4) is 0 Å². The van der Waals surface area contributed by atoms with Crippen LogP contribution in [0.15, 0.2) is 0 Å². The van der Waals surface area contributed by atoms with E-state index in [-0.39, 0.29) is 6.42 Å². The number of unbranched alkanes of at least 4 members (excludes halogenated alkanes) is 6. The number of hydrogen-bond acceptors (Lipinski definition) is 4. The fraction of sp³-hybridized carbons (Fsp3) is 1.00. The van der Waals surface area contributed by atoms with Crippen molar-refractivity contribution in [3.63, 3.8) is 0 Å². The molecule has 0 heterocycles. The normalized spacial score (nSPS) is 14.5. The molecule has 1 atom stereocenters. The van der Waals surface area contributed by atoms with Gasteiger partial charge in [0.25, 0.3) is 0 Å². The quantitative estimate of drug-likeness (QED) is 0.225. The van der Waals surface area contributed by atoms with Crippen LogP contribution in [0.2, 0.25) is 0 Å². The maximum Gasteiger partial charge on any atom is 0.343 e. The number of rotatable bonds is 14. The van der Waals surface area contributed by atoms with Crippen LogP contribution in [-0.4, -0.2) is 61.2 Å². The minimum absolute atomic E-state index is 0.103. The van der Waals surface area contributed by atoms with Crippen molar-refractivity contribution in [1.29, 1.82) is 0 Å². The smallest absolute Gasteiger partial charge is 0.343 e. The zero-order valence-electron chi connectivity index (χ0n) is 14.6. The molecule has 24 heavy (non-hydrogen) atoms. The van der Waals surface area contributed by atoms with E-state index in [9.17, 15) is 14.2 Å². The highest BCUT2D eigenvalue weighted by Crippen LogP contribution is 2.61. The summed E-state index contributed by atoms with van der Waals surface area (Å²) in [5.74, 6) is 0. The molecule has 0 fully saturated rings. The molecular weight excluding hydrogens is 356 g/mol. The lowest BCUT2D eigenvalue weighted by Gasteiger charge is -2.26. The molecule has 0 bridgehead atoms. The lowest BCUT2D eigenvalue weighted by Crippen LogP contribution is -2.31. The summed E-state index contributed by atoms with van der Waals surface area (Å²) in [6, 6.07) is 0. The Morgan fingerprint density at radius 2 is 1.29 bits per heavy atom. The van der Waals surface area contributed by atoms with E-state index >= 15 is 0 Å². The lowest BCUT2D eigenvalue weighted by atomic mass is 10.1. The molecule has 8 nitrogen and oxygen atoms in total. The van der Waals surface area contributed by atoms with Crippen LogP contribution in [0.3, 0.4) is 0 Å². The van der Waals surface area contributed by atoms with Gasteiger partial charge < -0.3 is 29.6 Å². The Morgan fingerprint density at radius 1 is 0.833 bits per heavy atom. The Labute approximate surface area is 144 Å². The highest BCUT2D eigenvalue weighted by Gasteiger charge is 2.48. The second-order valence-corrected chi connectivity index (χ2v) is 10.2. The molecule has 10 heteroatoms. The van der Waals surface area contributed by atoms with Crippen molar-refractivity contribution in [2.75, 3.05) is 20.1 Å². The first-order chi connectivity index (χ1) is 11.0. The highest BCUT2D eigenvalue weighted by atomic mass is 31.2. The van der Waals surface area contributed by atoms with Gasteiger partial charge in [0, 0.05) is 6.54 Å². The fourth-order valence-corrected chi connectivity index (χ4v) is 5.36. The monoisotopic (exact) mass is 389 g/mol. The second-order valence-electron chi connectivity index (χ2n) is 6.37. The number of nitrogens with zero attached hydrogens (tertiary/aromatic N) is 1. The third-order valence-electron chi connectivity index (χ3n) is 3.98. The van der Waals surface area contributed by atoms with Crippen LogP contribution >= 0.6 is 15.2 Å². The topological polar surface area (TPSA) is 139 Å². The van der Waals surface area contributed by atoms with Gasteiger partial charge in [0.15, 0.2) is 5.40 Å². The second kappa shape index (κ2) is 11.8. The van der Waals surface area contributed by atoms with Crippen molar-refractivity contribution in [2.24, 2.45) is 0 Å². The van der Waals surface area contributed by atoms with Gasteiger partial charge in [0.2, 0.25) is 0 Å². The van der Waals surface area contributed by atoms with Crippen LogP contribution in [0, 0.1) is 0 Å². The Bertz CT molecular complexity index is 401. The molecule has 0 saturated carbocycles. The zero-order chi connectivity index (χ0) is 18.8. The molecule has 0 saturated heterocycles. The van der Waals surface area contributed by atoms with Gasteiger partial charge in [-0.1, -0.05) is 45.4 Å². The van der Waals surface area contributed by atoms with Gasteiger partial charge in [0.05, 0.1) is 6.10 Å². The van der Waals surface area contributed by atoms with Crippen LogP contribution in [-0.2, 0) is 9.13 Å². The van der Waals surface area contributed by atoms with E-state index in [0.717, 1.165) is 19.4 Å². The average molecular weight is 389 g/mol. The van der Waals surface area contributed by atoms with Gasteiger partial charge in [-0.15, -0.1) is 0 Å². The van der Waals surface area contributed by atoms with Crippen molar-refractivity contribution in [3.05, 3.63) is 0 Å². The predicted molar refractivity (Wildman–Crippen MR) is 94.0 cm³/mol. The van der Waals surface area contributed by atoms with Gasteiger partial charge in [-0.05, 0) is 26.4 Å². The first-order valence-electron chi connectivity index (χ1n) is 8.47. The Balaban J connectivity index is 4.10. The third-order valence-corrected chi connectivity index (χ3v) is 7.86. The predicted octanol–water partition coefficient (Wildman–Crippen LogP) is 2.10. The third kappa shape index (κ3) is 11.0. The largest absolute Gasteiger partial charge is 0.391 e. The van der Waals surface area contributed by atoms with Crippen LogP contribution in [0.25, 0.3) is 0 Å². The summed E-state index contributed by atoms with van der Waals surface area (Å²) in [5.41, 5.74) is 0. The minimum Gasteiger partial charge on any atom is -0.391 e. The molecule has 0 spiro atoms. The van der Waals surface area contributed by atoms with Crippen LogP contribution in [0.5, 0.6) is 0 Å². The van der Waals surface area contributed by atoms with Gasteiger partial charge in [-0.2, -0.15) is 0 Å². The highest BCUT2D eigenvalue weighted by molar-refractivity contribution is 7.70. The molecule has 146 valence electrons. The molecular formula is C14H33NO7P2. The average Bonchev–Trinajstić information content (AvgIpc) is 2.41. The van der Waals surface area contributed by atoms with Crippen LogP contribution in [0.4, 0.5) is 0 Å². The summed E-state index contributed by atoms with van der Waals surface area (Å²) in [5, 5.41) is 7.46. The Hall–Kier alpha value is 0.220. The van der Waals surface area contributed by atoms with Crippen molar-refractivity contribution in [2.45, 2.75) is 69.8 Å². The molecule has 5 N–H and O–H groups in total. The molecule has 0 aromatic carbocycles. The molecule has 0 aliphatic rings. The van der Waals surface area contributed by atoms with Crippen LogP contribution < -0.4 is 0 Å². The molecule has 0 aromatic heterocycles. The first-order valence-corrected chi connectivity index (χ1v) is 11.8. The molecule has 0 radical (unpaired) electrons. The van der Waals surface area contributed by atoms with E-state index in [2.05, 4.69) is 6.92 Å². The minimum atomic E-state index is -5.08. The van der Waals surface area contributed by atoms with E-state index in [1.54, 1.807) is 0 Å². The molecule has 0 aromatic rings. The summed E-state index contributed by atoms with van der Waals surface area (Å²) < 4.78 is 22.4. The van der Waals surface area contributed by atoms with Crippen molar-refractivity contribution in [1.82, 2.24) is 4.90 Å². The molecule has 0 aliphatic carbocycles. The fourth-order valence-electron chi connectivity index (χ4n) is 2.60. The van der Waals surface area contributed by atoms with E-state index in [1.807, 2.05) is 11.9 Å². The van der Waals surface area contributed by atoms with E-state index in [4.69, 9.17) is 19.6 Å². The van der Waals surface area contributed by atoms with Gasteiger partial charge in [-0.25, -0.2) is 0 Å². The summed E-state index contributed by atoms with van der Waals surface area (Å²) >= 11 is 0. The molecule has 0 rings (SSSR count). The Kier molecular flexibility index (Phi) is 11.9. The molecule has 0 aliphatic heterocycles. The summed E-state index contributed by atoms with van der Waals surface area (Å²) in [4.78, 5) is 38.1. The number of hydrogen-bond donors (Lipinski definition) is 5. The summed E-state index contributed by atoms with van der Waals surface area (Å²) in [6.07, 6.45) is 6.37. The van der Waals surface area contributed by atoms with E-state index in [0.29, 0.717) is 6.54 Å². The molecule has 1 unspecified atom stereocenters. The standard InChI is InChI=1S/C14H33NO7P2/c1-3-4-5-6-7-8-9-11-15(2)12-10-13(16)14(23(17,18)19)24(20,21)22/h13-14,16H,3-12H2,1-2H3,(H2,17,18,19)(H2,20,21,22). The first kappa shape index (κ1) is 24.2. The zero-order valence-corrected chi connectivity index (χ0v) is 16.4.